The molecule has 2 aromatic carbocycles. The molecule has 0 unspecified atom stereocenters. The van der Waals surface area contributed by atoms with E-state index in [9.17, 15) is 19.5 Å². The van der Waals surface area contributed by atoms with E-state index in [2.05, 4.69) is 34.9 Å². The third-order valence-corrected chi connectivity index (χ3v) is 7.07. The van der Waals surface area contributed by atoms with Crippen molar-refractivity contribution in [1.82, 2.24) is 10.6 Å². The van der Waals surface area contributed by atoms with Gasteiger partial charge in [0.25, 0.3) is 0 Å². The number of nitrogens with one attached hydrogen (secondary N) is 2. The number of rotatable bonds is 8. The summed E-state index contributed by atoms with van der Waals surface area (Å²) in [6, 6.07) is 15.0. The third-order valence-electron chi connectivity index (χ3n) is 7.07. The molecule has 0 saturated heterocycles. The first kappa shape index (κ1) is 24.8. The molecule has 0 aromatic heterocycles. The van der Waals surface area contributed by atoms with Crippen LogP contribution in [0.5, 0.6) is 0 Å². The lowest BCUT2D eigenvalue weighted by atomic mass is 9.84. The van der Waals surface area contributed by atoms with Gasteiger partial charge in [-0.25, -0.2) is 4.79 Å². The maximum absolute atomic E-state index is 13.1. The molecule has 3 N–H and O–H groups in total. The molecule has 7 heteroatoms. The largest absolute Gasteiger partial charge is 0.481 e. The molecule has 2 aromatic rings. The van der Waals surface area contributed by atoms with Crippen LogP contribution >= 0.6 is 0 Å². The highest BCUT2D eigenvalue weighted by atomic mass is 16.5. The molecule has 2 aliphatic carbocycles. The van der Waals surface area contributed by atoms with Gasteiger partial charge in [0, 0.05) is 12.0 Å². The Kier molecular flexibility index (Phi) is 7.73. The number of ether oxygens (including phenoxy) is 1. The highest BCUT2D eigenvalue weighted by Gasteiger charge is 2.34. The molecule has 2 aliphatic rings. The highest BCUT2D eigenvalue weighted by Crippen LogP contribution is 2.44. The normalized spacial score (nSPS) is 20.0. The van der Waals surface area contributed by atoms with E-state index in [1.54, 1.807) is 0 Å². The molecular formula is C28H34N2O5. The summed E-state index contributed by atoms with van der Waals surface area (Å²) in [6.45, 7) is 4.11. The number of carboxylic acid groups (broad SMARTS) is 1. The Morgan fingerprint density at radius 1 is 0.971 bits per heavy atom. The number of carbonyl (C=O) groups is 3. The van der Waals surface area contributed by atoms with Crippen molar-refractivity contribution < 1.29 is 24.2 Å². The fraction of sp³-hybridized carbons (Fsp3) is 0.464. The summed E-state index contributed by atoms with van der Waals surface area (Å²) in [5.74, 6) is -1.75. The standard InChI is InChI=1S/C28H34N2O5/c1-17(2)15-25(26(31)29-24-14-8-7-13-22(24)27(32)33)30-28(34)35-16-23-20-11-5-3-9-18(20)19-10-4-6-12-21(19)23/h3-6,9-12,17,22-25H,7-8,13-16H2,1-2H3,(H,29,31)(H,30,34)(H,32,33)/t22-,24+,25+/m0/s1. The van der Waals surface area contributed by atoms with Gasteiger partial charge < -0.3 is 20.5 Å². The van der Waals surface area contributed by atoms with Crippen LogP contribution < -0.4 is 10.6 Å². The first-order valence-corrected chi connectivity index (χ1v) is 12.5. The summed E-state index contributed by atoms with van der Waals surface area (Å²) >= 11 is 0. The summed E-state index contributed by atoms with van der Waals surface area (Å²) < 4.78 is 5.63. The zero-order chi connectivity index (χ0) is 24.9. The van der Waals surface area contributed by atoms with Crippen LogP contribution in [0.15, 0.2) is 48.5 Å². The molecule has 186 valence electrons. The Morgan fingerprint density at radius 2 is 1.57 bits per heavy atom. The van der Waals surface area contributed by atoms with Crippen LogP contribution in [0.2, 0.25) is 0 Å². The number of aliphatic carboxylic acids is 1. The van der Waals surface area contributed by atoms with Crippen molar-refractivity contribution in [2.45, 2.75) is 64.0 Å². The molecule has 0 spiro atoms. The lowest BCUT2D eigenvalue weighted by Crippen LogP contribution is -2.53. The quantitative estimate of drug-likeness (QED) is 0.510. The molecule has 1 saturated carbocycles. The summed E-state index contributed by atoms with van der Waals surface area (Å²) in [5, 5.41) is 15.2. The van der Waals surface area contributed by atoms with E-state index < -0.39 is 30.1 Å². The SMILES string of the molecule is CC(C)C[C@@H](NC(=O)OCC1c2ccccc2-c2ccccc21)C(=O)N[C@@H]1CCCC[C@@H]1C(=O)O. The topological polar surface area (TPSA) is 105 Å². The second-order valence-electron chi connectivity index (χ2n) is 10.00. The molecular weight excluding hydrogens is 444 g/mol. The second kappa shape index (κ2) is 10.9. The van der Waals surface area contributed by atoms with Crippen molar-refractivity contribution in [2.75, 3.05) is 6.61 Å². The number of carbonyl (C=O) groups excluding carboxylic acids is 2. The highest BCUT2D eigenvalue weighted by molar-refractivity contribution is 5.86. The smallest absolute Gasteiger partial charge is 0.407 e. The van der Waals surface area contributed by atoms with Crippen LogP contribution in [0.25, 0.3) is 11.1 Å². The summed E-state index contributed by atoms with van der Waals surface area (Å²) in [6.07, 6.45) is 2.68. The Morgan fingerprint density at radius 3 is 2.17 bits per heavy atom. The number of hydrogen-bond acceptors (Lipinski definition) is 4. The minimum Gasteiger partial charge on any atom is -0.481 e. The molecule has 7 nitrogen and oxygen atoms in total. The van der Waals surface area contributed by atoms with E-state index in [1.165, 1.54) is 0 Å². The van der Waals surface area contributed by atoms with Gasteiger partial charge in [-0.2, -0.15) is 0 Å². The lowest BCUT2D eigenvalue weighted by molar-refractivity contribution is -0.144. The summed E-state index contributed by atoms with van der Waals surface area (Å²) in [5.41, 5.74) is 4.54. The number of amides is 2. The van der Waals surface area contributed by atoms with Gasteiger partial charge in [0.05, 0.1) is 5.92 Å². The summed E-state index contributed by atoms with van der Waals surface area (Å²) in [7, 11) is 0. The van der Waals surface area contributed by atoms with E-state index in [4.69, 9.17) is 4.74 Å². The predicted octanol–water partition coefficient (Wildman–Crippen LogP) is 4.70. The van der Waals surface area contributed by atoms with Gasteiger partial charge in [-0.1, -0.05) is 75.2 Å². The van der Waals surface area contributed by atoms with Crippen LogP contribution in [0.4, 0.5) is 4.79 Å². The van der Waals surface area contributed by atoms with Crippen LogP contribution in [-0.2, 0) is 14.3 Å². The van der Waals surface area contributed by atoms with Crippen molar-refractivity contribution in [3.8, 4) is 11.1 Å². The molecule has 3 atom stereocenters. The Bertz CT molecular complexity index is 1040. The Hall–Kier alpha value is -3.35. The van der Waals surface area contributed by atoms with Crippen LogP contribution in [0, 0.1) is 11.8 Å². The summed E-state index contributed by atoms with van der Waals surface area (Å²) in [4.78, 5) is 37.5. The van der Waals surface area contributed by atoms with Gasteiger partial charge in [0.15, 0.2) is 0 Å². The average Bonchev–Trinajstić information content (AvgIpc) is 3.16. The first-order valence-electron chi connectivity index (χ1n) is 12.5. The van der Waals surface area contributed by atoms with Crippen molar-refractivity contribution in [3.05, 3.63) is 59.7 Å². The first-order chi connectivity index (χ1) is 16.8. The van der Waals surface area contributed by atoms with E-state index in [0.717, 1.165) is 35.1 Å². The van der Waals surface area contributed by atoms with E-state index in [0.29, 0.717) is 19.3 Å². The maximum Gasteiger partial charge on any atom is 0.407 e. The number of carboxylic acids is 1. The minimum absolute atomic E-state index is 0.0657. The molecule has 2 amide bonds. The minimum atomic E-state index is -0.889. The van der Waals surface area contributed by atoms with Crippen molar-refractivity contribution in [3.63, 3.8) is 0 Å². The molecule has 0 aliphatic heterocycles. The molecule has 0 heterocycles. The van der Waals surface area contributed by atoms with Gasteiger partial charge >= 0.3 is 12.1 Å². The Labute approximate surface area is 206 Å². The number of alkyl carbamates (subject to hydrolysis) is 1. The zero-order valence-corrected chi connectivity index (χ0v) is 20.3. The van der Waals surface area contributed by atoms with Crippen LogP contribution in [0.3, 0.4) is 0 Å². The van der Waals surface area contributed by atoms with Gasteiger partial charge in [0.1, 0.15) is 12.6 Å². The van der Waals surface area contributed by atoms with Gasteiger partial charge in [-0.3, -0.25) is 9.59 Å². The van der Waals surface area contributed by atoms with Gasteiger partial charge in [-0.15, -0.1) is 0 Å². The molecule has 1 fully saturated rings. The average molecular weight is 479 g/mol. The lowest BCUT2D eigenvalue weighted by Gasteiger charge is -2.31. The van der Waals surface area contributed by atoms with Crippen LogP contribution in [0.1, 0.15) is 63.0 Å². The third kappa shape index (κ3) is 5.66. The van der Waals surface area contributed by atoms with Crippen molar-refractivity contribution in [1.29, 1.82) is 0 Å². The van der Waals surface area contributed by atoms with E-state index >= 15 is 0 Å². The van der Waals surface area contributed by atoms with Crippen molar-refractivity contribution in [2.24, 2.45) is 11.8 Å². The number of hydrogen-bond donors (Lipinski definition) is 3. The molecule has 4 rings (SSSR count). The Balaban J connectivity index is 1.40. The second-order valence-corrected chi connectivity index (χ2v) is 10.00. The number of benzene rings is 2. The number of fused-ring (bicyclic) bond motifs is 3. The molecule has 0 radical (unpaired) electrons. The van der Waals surface area contributed by atoms with E-state index in [-0.39, 0.29) is 24.3 Å². The predicted molar refractivity (Wildman–Crippen MR) is 133 cm³/mol. The fourth-order valence-corrected chi connectivity index (χ4v) is 5.37. The van der Waals surface area contributed by atoms with Gasteiger partial charge in [-0.05, 0) is 47.4 Å². The molecule has 35 heavy (non-hydrogen) atoms. The molecule has 0 bridgehead atoms. The van der Waals surface area contributed by atoms with Gasteiger partial charge in [0.2, 0.25) is 5.91 Å². The van der Waals surface area contributed by atoms with Crippen LogP contribution in [-0.4, -0.2) is 41.8 Å². The zero-order valence-electron chi connectivity index (χ0n) is 20.3. The fourth-order valence-electron chi connectivity index (χ4n) is 5.37. The maximum atomic E-state index is 13.1. The van der Waals surface area contributed by atoms with Crippen molar-refractivity contribution >= 4 is 18.0 Å². The van der Waals surface area contributed by atoms with E-state index in [1.807, 2.05) is 38.1 Å². The monoisotopic (exact) mass is 478 g/mol.